The van der Waals surface area contributed by atoms with Gasteiger partial charge in [-0.2, -0.15) is 0 Å². The molecule has 3 aliphatic carbocycles. The summed E-state index contributed by atoms with van der Waals surface area (Å²) in [4.78, 5) is 0. The molecule has 0 saturated heterocycles. The van der Waals surface area contributed by atoms with Crippen molar-refractivity contribution in [2.75, 3.05) is 13.7 Å². The quantitative estimate of drug-likeness (QED) is 0.613. The number of rotatable bonds is 2. The van der Waals surface area contributed by atoms with Crippen LogP contribution in [-0.2, 0) is 0 Å². The van der Waals surface area contributed by atoms with Crippen molar-refractivity contribution < 1.29 is 19.7 Å². The van der Waals surface area contributed by atoms with Gasteiger partial charge >= 0.3 is 0 Å². The number of fused-ring (bicyclic) bond motifs is 1. The van der Waals surface area contributed by atoms with Gasteiger partial charge in [0.25, 0.3) is 0 Å². The Hall–Kier alpha value is -0.880. The summed E-state index contributed by atoms with van der Waals surface area (Å²) in [5, 5.41) is 30.0. The molecule has 162 valence electrons. The Balaban J connectivity index is 0.000000342. The van der Waals surface area contributed by atoms with E-state index in [1.165, 1.54) is 19.9 Å². The fourth-order valence-electron chi connectivity index (χ4n) is 6.04. The SMILES string of the molecule is CC12CCC(C3(C)CCC(O)CC3CO)CC1CCC2O.CN.c1ccoc1. The number of nitrogens with two attached hydrogens (primary N) is 1. The molecule has 0 aliphatic heterocycles. The second-order valence-corrected chi connectivity index (χ2v) is 9.37. The lowest BCUT2D eigenvalue weighted by atomic mass is 9.53. The molecule has 4 rings (SSSR count). The van der Waals surface area contributed by atoms with E-state index in [-0.39, 0.29) is 35.6 Å². The van der Waals surface area contributed by atoms with Crippen molar-refractivity contribution in [3.05, 3.63) is 24.7 Å². The Kier molecular flexibility index (Phi) is 8.56. The lowest BCUT2D eigenvalue weighted by Crippen LogP contribution is -2.47. The molecule has 5 heteroatoms. The van der Waals surface area contributed by atoms with Gasteiger partial charge in [0.2, 0.25) is 0 Å². The van der Waals surface area contributed by atoms with Gasteiger partial charge in [0, 0.05) is 6.61 Å². The van der Waals surface area contributed by atoms with E-state index >= 15 is 0 Å². The van der Waals surface area contributed by atoms with Crippen molar-refractivity contribution in [3.63, 3.8) is 0 Å². The summed E-state index contributed by atoms with van der Waals surface area (Å²) in [6.07, 6.45) is 11.2. The standard InChI is InChI=1S/C18H32O3.C4H4O.CH5N/c1-17(8-6-15(20)10-14(17)11-19)13-5-7-18(2)12(9-13)3-4-16(18)21;1-2-4-5-3-1;1-2/h12-16,19-21H,3-11H2,1-2H3;1-4H;2H2,1H3. The monoisotopic (exact) mass is 395 g/mol. The number of furan rings is 1. The Morgan fingerprint density at radius 3 is 2.07 bits per heavy atom. The van der Waals surface area contributed by atoms with Crippen molar-refractivity contribution in [2.24, 2.45) is 34.3 Å². The van der Waals surface area contributed by atoms with Crippen molar-refractivity contribution in [1.82, 2.24) is 0 Å². The van der Waals surface area contributed by atoms with Crippen LogP contribution in [0.1, 0.15) is 65.2 Å². The Labute approximate surface area is 170 Å². The third-order valence-corrected chi connectivity index (χ3v) is 8.17. The maximum atomic E-state index is 10.3. The highest BCUT2D eigenvalue weighted by Gasteiger charge is 2.53. The van der Waals surface area contributed by atoms with Crippen LogP contribution in [0.4, 0.5) is 0 Å². The second kappa shape index (κ2) is 10.2. The van der Waals surface area contributed by atoms with E-state index in [0.29, 0.717) is 11.8 Å². The Morgan fingerprint density at radius 2 is 1.50 bits per heavy atom. The minimum absolute atomic E-state index is 0.113. The lowest BCUT2D eigenvalue weighted by Gasteiger charge is -2.53. The molecule has 0 aromatic carbocycles. The zero-order chi connectivity index (χ0) is 20.8. The molecule has 1 aromatic heterocycles. The lowest BCUT2D eigenvalue weighted by molar-refractivity contribution is -0.0818. The minimum atomic E-state index is -0.225. The van der Waals surface area contributed by atoms with Crippen LogP contribution in [0.2, 0.25) is 0 Å². The first-order valence-electron chi connectivity index (χ1n) is 10.9. The maximum Gasteiger partial charge on any atom is 0.0902 e. The molecule has 5 N–H and O–H groups in total. The summed E-state index contributed by atoms with van der Waals surface area (Å²) in [5.74, 6) is 1.53. The maximum absolute atomic E-state index is 10.3. The zero-order valence-electron chi connectivity index (χ0n) is 17.9. The molecule has 3 aliphatic rings. The highest BCUT2D eigenvalue weighted by atomic mass is 16.3. The first kappa shape index (κ1) is 23.4. The van der Waals surface area contributed by atoms with E-state index in [1.807, 2.05) is 12.1 Å². The molecule has 28 heavy (non-hydrogen) atoms. The molecular weight excluding hydrogens is 354 g/mol. The predicted molar refractivity (Wildman–Crippen MR) is 112 cm³/mol. The van der Waals surface area contributed by atoms with Crippen molar-refractivity contribution in [2.45, 2.75) is 77.4 Å². The van der Waals surface area contributed by atoms with E-state index in [9.17, 15) is 15.3 Å². The van der Waals surface area contributed by atoms with E-state index in [4.69, 9.17) is 0 Å². The average molecular weight is 396 g/mol. The van der Waals surface area contributed by atoms with Crippen molar-refractivity contribution >= 4 is 0 Å². The fraction of sp³-hybridized carbons (Fsp3) is 0.826. The number of aliphatic hydroxyl groups excluding tert-OH is 3. The molecule has 1 heterocycles. The summed E-state index contributed by atoms with van der Waals surface area (Å²) < 4.78 is 4.58. The molecule has 0 bridgehead atoms. The first-order chi connectivity index (χ1) is 13.4. The van der Waals surface area contributed by atoms with Crippen LogP contribution in [0.3, 0.4) is 0 Å². The van der Waals surface area contributed by atoms with Crippen LogP contribution in [0, 0.1) is 28.6 Å². The van der Waals surface area contributed by atoms with Crippen LogP contribution in [0.25, 0.3) is 0 Å². The van der Waals surface area contributed by atoms with Gasteiger partial charge in [0.05, 0.1) is 24.7 Å². The third-order valence-electron chi connectivity index (χ3n) is 8.17. The molecule has 7 unspecified atom stereocenters. The zero-order valence-corrected chi connectivity index (χ0v) is 17.9. The number of aliphatic hydroxyl groups is 3. The normalized spacial score (nSPS) is 42.5. The molecule has 7 atom stereocenters. The van der Waals surface area contributed by atoms with Crippen LogP contribution >= 0.6 is 0 Å². The van der Waals surface area contributed by atoms with Crippen molar-refractivity contribution in [3.8, 4) is 0 Å². The number of hydrogen-bond donors (Lipinski definition) is 4. The first-order valence-corrected chi connectivity index (χ1v) is 10.9. The Bertz CT molecular complexity index is 534. The van der Waals surface area contributed by atoms with Crippen molar-refractivity contribution in [1.29, 1.82) is 0 Å². The van der Waals surface area contributed by atoms with Gasteiger partial charge in [0.1, 0.15) is 0 Å². The van der Waals surface area contributed by atoms with Gasteiger partial charge in [0.15, 0.2) is 0 Å². The van der Waals surface area contributed by atoms with Crippen LogP contribution in [0.15, 0.2) is 29.1 Å². The summed E-state index contributed by atoms with van der Waals surface area (Å²) in [7, 11) is 1.50. The molecule has 0 spiro atoms. The Morgan fingerprint density at radius 1 is 0.893 bits per heavy atom. The molecule has 3 fully saturated rings. The fourth-order valence-corrected chi connectivity index (χ4v) is 6.04. The predicted octanol–water partition coefficient (Wildman–Crippen LogP) is 3.58. The number of hydrogen-bond acceptors (Lipinski definition) is 5. The minimum Gasteiger partial charge on any atom is -0.473 e. The van der Waals surface area contributed by atoms with Crippen LogP contribution in [-0.4, -0.2) is 41.2 Å². The van der Waals surface area contributed by atoms with Gasteiger partial charge in [-0.25, -0.2) is 0 Å². The van der Waals surface area contributed by atoms with Gasteiger partial charge in [-0.3, -0.25) is 0 Å². The second-order valence-electron chi connectivity index (χ2n) is 9.37. The molecule has 5 nitrogen and oxygen atoms in total. The molecule has 3 saturated carbocycles. The average Bonchev–Trinajstić information content (AvgIpc) is 3.38. The summed E-state index contributed by atoms with van der Waals surface area (Å²) in [6.45, 7) is 4.83. The van der Waals surface area contributed by atoms with Gasteiger partial charge in [-0.15, -0.1) is 0 Å². The van der Waals surface area contributed by atoms with E-state index in [0.717, 1.165) is 38.5 Å². The summed E-state index contributed by atoms with van der Waals surface area (Å²) in [5.41, 5.74) is 4.80. The molecular formula is C23H41NO4. The molecule has 1 aromatic rings. The molecule has 0 radical (unpaired) electrons. The summed E-state index contributed by atoms with van der Waals surface area (Å²) >= 11 is 0. The van der Waals surface area contributed by atoms with Gasteiger partial charge in [-0.05, 0) is 99.1 Å². The third kappa shape index (κ3) is 4.81. The largest absolute Gasteiger partial charge is 0.473 e. The van der Waals surface area contributed by atoms with Crippen LogP contribution < -0.4 is 5.73 Å². The smallest absolute Gasteiger partial charge is 0.0902 e. The van der Waals surface area contributed by atoms with Crippen LogP contribution in [0.5, 0.6) is 0 Å². The highest BCUT2D eigenvalue weighted by Crippen LogP contribution is 2.59. The highest BCUT2D eigenvalue weighted by molar-refractivity contribution is 5.03. The molecule has 0 amide bonds. The van der Waals surface area contributed by atoms with E-state index < -0.39 is 0 Å². The van der Waals surface area contributed by atoms with E-state index in [1.54, 1.807) is 12.5 Å². The summed E-state index contributed by atoms with van der Waals surface area (Å²) in [6, 6.07) is 3.67. The van der Waals surface area contributed by atoms with E-state index in [2.05, 4.69) is 24.0 Å². The van der Waals surface area contributed by atoms with Gasteiger partial charge in [-0.1, -0.05) is 13.8 Å². The van der Waals surface area contributed by atoms with Gasteiger partial charge < -0.3 is 25.5 Å². The topological polar surface area (TPSA) is 99.8 Å².